The fraction of sp³-hybridized carbons (Fsp3) is 0.308. The van der Waals surface area contributed by atoms with Gasteiger partial charge in [-0.15, -0.1) is 5.10 Å². The summed E-state index contributed by atoms with van der Waals surface area (Å²) < 4.78 is 19.6. The number of ether oxygens (including phenoxy) is 1. The summed E-state index contributed by atoms with van der Waals surface area (Å²) in [5.74, 6) is 0.486. The number of halogens is 1. The third kappa shape index (κ3) is 5.14. The Morgan fingerprint density at radius 1 is 1.03 bits per heavy atom. The molecule has 0 atom stereocenters. The van der Waals surface area contributed by atoms with Crippen LogP contribution < -0.4 is 15.0 Å². The summed E-state index contributed by atoms with van der Waals surface area (Å²) in [4.78, 5) is 29.0. The molecule has 2 amide bonds. The average Bonchev–Trinajstić information content (AvgIpc) is 2.85. The van der Waals surface area contributed by atoms with Gasteiger partial charge in [0.05, 0.1) is 11.6 Å². The van der Waals surface area contributed by atoms with Gasteiger partial charge in [0.15, 0.2) is 5.82 Å². The van der Waals surface area contributed by atoms with Crippen LogP contribution in [0.2, 0.25) is 0 Å². The zero-order valence-electron chi connectivity index (χ0n) is 19.1. The van der Waals surface area contributed by atoms with Crippen molar-refractivity contribution in [3.63, 3.8) is 0 Å². The molecule has 2 fully saturated rings. The molecular weight excluding hydrogens is 449 g/mol. The number of carbonyl (C=O) groups excluding carboxylic acids is 2. The first-order valence-electron chi connectivity index (χ1n) is 11.7. The largest absolute Gasteiger partial charge is 0.490 e. The van der Waals surface area contributed by atoms with Gasteiger partial charge in [0.1, 0.15) is 17.7 Å². The Hall–Kier alpha value is -3.85. The molecule has 2 aliphatic rings. The van der Waals surface area contributed by atoms with Crippen molar-refractivity contribution in [2.45, 2.75) is 18.9 Å². The number of carbonyl (C=O) groups is 2. The van der Waals surface area contributed by atoms with E-state index >= 15 is 0 Å². The Morgan fingerprint density at radius 3 is 2.43 bits per heavy atom. The highest BCUT2D eigenvalue weighted by molar-refractivity contribution is 6.01. The Labute approximate surface area is 202 Å². The van der Waals surface area contributed by atoms with Crippen molar-refractivity contribution >= 4 is 23.3 Å². The van der Waals surface area contributed by atoms with E-state index in [0.29, 0.717) is 61.8 Å². The number of hydrogen-bond acceptors (Lipinski definition) is 6. The highest BCUT2D eigenvalue weighted by Crippen LogP contribution is 2.29. The number of hydrogen-bond donors (Lipinski definition) is 1. The normalized spacial score (nSPS) is 16.4. The molecule has 3 aromatic rings. The van der Waals surface area contributed by atoms with Crippen molar-refractivity contribution in [3.8, 4) is 5.75 Å². The summed E-state index contributed by atoms with van der Waals surface area (Å²) in [6.45, 7) is 2.39. The SMILES string of the molecule is O=C(c1cccc(F)c1)N1CCC(Oc2ccc(N(C(=O)C3CNC3)c3cccnn3)cc2)CC1. The van der Waals surface area contributed by atoms with Gasteiger partial charge in [-0.05, 0) is 54.6 Å². The lowest BCUT2D eigenvalue weighted by Gasteiger charge is -2.33. The average molecular weight is 476 g/mol. The third-order valence-corrected chi connectivity index (χ3v) is 6.34. The number of piperidine rings is 1. The van der Waals surface area contributed by atoms with Crippen LogP contribution in [0.25, 0.3) is 0 Å². The summed E-state index contributed by atoms with van der Waals surface area (Å²) in [6.07, 6.45) is 2.91. The van der Waals surface area contributed by atoms with E-state index in [1.165, 1.54) is 12.1 Å². The van der Waals surface area contributed by atoms with Gasteiger partial charge in [-0.25, -0.2) is 4.39 Å². The van der Waals surface area contributed by atoms with E-state index in [2.05, 4.69) is 15.5 Å². The molecule has 2 aromatic carbocycles. The number of rotatable bonds is 6. The highest BCUT2D eigenvalue weighted by atomic mass is 19.1. The van der Waals surface area contributed by atoms with E-state index in [9.17, 15) is 14.0 Å². The quantitative estimate of drug-likeness (QED) is 0.589. The standard InChI is InChI=1S/C26H26FN5O3/c27-20-4-1-3-18(15-20)25(33)31-13-10-23(11-14-31)35-22-8-6-21(7-9-22)32(24-5-2-12-29-30-24)26(34)19-16-28-17-19/h1-9,12,15,19,23,28H,10-11,13-14,16-17H2. The van der Waals surface area contributed by atoms with Crippen LogP contribution in [0.1, 0.15) is 23.2 Å². The maximum absolute atomic E-state index is 13.5. The smallest absolute Gasteiger partial charge is 0.253 e. The Bertz CT molecular complexity index is 1180. The molecule has 35 heavy (non-hydrogen) atoms. The predicted molar refractivity (Wildman–Crippen MR) is 128 cm³/mol. The third-order valence-electron chi connectivity index (χ3n) is 6.34. The predicted octanol–water partition coefficient (Wildman–Crippen LogP) is 3.18. The van der Waals surface area contributed by atoms with Gasteiger partial charge in [-0.2, -0.15) is 5.10 Å². The van der Waals surface area contributed by atoms with E-state index in [1.807, 2.05) is 24.3 Å². The second kappa shape index (κ2) is 10.2. The van der Waals surface area contributed by atoms with Crippen LogP contribution in [0.15, 0.2) is 66.9 Å². The van der Waals surface area contributed by atoms with Crippen molar-refractivity contribution in [2.24, 2.45) is 5.92 Å². The van der Waals surface area contributed by atoms with Gasteiger partial charge >= 0.3 is 0 Å². The van der Waals surface area contributed by atoms with E-state index in [0.717, 1.165) is 0 Å². The molecule has 0 unspecified atom stereocenters. The molecule has 5 rings (SSSR count). The minimum absolute atomic E-state index is 0.0201. The maximum Gasteiger partial charge on any atom is 0.253 e. The number of amides is 2. The number of anilines is 2. The van der Waals surface area contributed by atoms with Crippen LogP contribution in [0.3, 0.4) is 0 Å². The maximum atomic E-state index is 13.5. The number of aromatic nitrogens is 2. The van der Waals surface area contributed by atoms with Crippen molar-refractivity contribution in [3.05, 3.63) is 78.2 Å². The molecule has 0 saturated carbocycles. The fourth-order valence-electron chi connectivity index (χ4n) is 4.28. The molecule has 2 aliphatic heterocycles. The molecule has 8 nitrogen and oxygen atoms in total. The minimum Gasteiger partial charge on any atom is -0.490 e. The number of nitrogens with zero attached hydrogens (tertiary/aromatic N) is 4. The monoisotopic (exact) mass is 475 g/mol. The summed E-state index contributed by atoms with van der Waals surface area (Å²) in [6, 6.07) is 16.7. The molecular formula is C26H26FN5O3. The lowest BCUT2D eigenvalue weighted by Crippen LogP contribution is -2.51. The van der Waals surface area contributed by atoms with Crippen LogP contribution in [-0.4, -0.2) is 59.2 Å². The first kappa shape index (κ1) is 22.9. The van der Waals surface area contributed by atoms with Gasteiger partial charge in [0, 0.05) is 50.8 Å². The van der Waals surface area contributed by atoms with E-state index in [-0.39, 0.29) is 23.8 Å². The zero-order valence-corrected chi connectivity index (χ0v) is 19.1. The molecule has 0 radical (unpaired) electrons. The second-order valence-corrected chi connectivity index (χ2v) is 8.72. The summed E-state index contributed by atoms with van der Waals surface area (Å²) in [5, 5.41) is 11.2. The van der Waals surface area contributed by atoms with Crippen molar-refractivity contribution in [1.82, 2.24) is 20.4 Å². The molecule has 0 bridgehead atoms. The van der Waals surface area contributed by atoms with Gasteiger partial charge < -0.3 is 15.0 Å². The number of likely N-dealkylation sites (tertiary alicyclic amines) is 1. The highest BCUT2D eigenvalue weighted by Gasteiger charge is 2.32. The molecule has 3 heterocycles. The molecule has 9 heteroatoms. The fourth-order valence-corrected chi connectivity index (χ4v) is 4.28. The van der Waals surface area contributed by atoms with E-state index in [1.54, 1.807) is 40.3 Å². The Balaban J connectivity index is 1.21. The molecule has 1 N–H and O–H groups in total. The number of nitrogens with one attached hydrogen (secondary N) is 1. The summed E-state index contributed by atoms with van der Waals surface area (Å²) >= 11 is 0. The Morgan fingerprint density at radius 2 is 1.80 bits per heavy atom. The van der Waals surface area contributed by atoms with Gasteiger partial charge in [-0.1, -0.05) is 6.07 Å². The molecule has 0 aliphatic carbocycles. The molecule has 1 aromatic heterocycles. The van der Waals surface area contributed by atoms with E-state index < -0.39 is 5.82 Å². The Kier molecular flexibility index (Phi) is 6.67. The van der Waals surface area contributed by atoms with Crippen LogP contribution in [0, 0.1) is 11.7 Å². The van der Waals surface area contributed by atoms with Crippen LogP contribution in [0.4, 0.5) is 15.9 Å². The van der Waals surface area contributed by atoms with Crippen molar-refractivity contribution in [1.29, 1.82) is 0 Å². The lowest BCUT2D eigenvalue weighted by atomic mass is 10.0. The second-order valence-electron chi connectivity index (χ2n) is 8.72. The van der Waals surface area contributed by atoms with Crippen molar-refractivity contribution < 1.29 is 18.7 Å². The minimum atomic E-state index is -0.415. The molecule has 0 spiro atoms. The van der Waals surface area contributed by atoms with Crippen molar-refractivity contribution in [2.75, 3.05) is 31.1 Å². The van der Waals surface area contributed by atoms with Crippen LogP contribution in [-0.2, 0) is 4.79 Å². The lowest BCUT2D eigenvalue weighted by molar-refractivity contribution is -0.123. The molecule has 180 valence electrons. The van der Waals surface area contributed by atoms with Gasteiger partial charge in [0.25, 0.3) is 5.91 Å². The number of benzene rings is 2. The summed E-state index contributed by atoms with van der Waals surface area (Å²) in [5.41, 5.74) is 1.06. The molecule has 2 saturated heterocycles. The van der Waals surface area contributed by atoms with Crippen LogP contribution >= 0.6 is 0 Å². The van der Waals surface area contributed by atoms with Gasteiger partial charge in [0.2, 0.25) is 5.91 Å². The van der Waals surface area contributed by atoms with Gasteiger partial charge in [-0.3, -0.25) is 14.5 Å². The summed E-state index contributed by atoms with van der Waals surface area (Å²) in [7, 11) is 0. The zero-order chi connectivity index (χ0) is 24.2. The first-order valence-corrected chi connectivity index (χ1v) is 11.7. The van der Waals surface area contributed by atoms with Crippen LogP contribution in [0.5, 0.6) is 5.75 Å². The first-order chi connectivity index (χ1) is 17.1. The van der Waals surface area contributed by atoms with E-state index in [4.69, 9.17) is 4.74 Å². The topological polar surface area (TPSA) is 87.7 Å².